The van der Waals surface area contributed by atoms with Crippen LogP contribution >= 0.6 is 0 Å². The van der Waals surface area contributed by atoms with Gasteiger partial charge in [0.15, 0.2) is 0 Å². The first-order valence-electron chi connectivity index (χ1n) is 5.14. The third-order valence-electron chi connectivity index (χ3n) is 2.12. The summed E-state index contributed by atoms with van der Waals surface area (Å²) >= 11 is 0. The van der Waals surface area contributed by atoms with Crippen LogP contribution < -0.4 is 5.32 Å². The molecule has 6 heteroatoms. The van der Waals surface area contributed by atoms with E-state index in [4.69, 9.17) is 9.52 Å². The monoisotopic (exact) mass is 240 g/mol. The maximum atomic E-state index is 11.3. The summed E-state index contributed by atoms with van der Waals surface area (Å²) in [6.45, 7) is 2.06. The highest BCUT2D eigenvalue weighted by atomic mass is 16.4. The smallest absolute Gasteiger partial charge is 0.339 e. The molecule has 0 radical (unpaired) electrons. The molecule has 0 aliphatic heterocycles. The van der Waals surface area contributed by atoms with E-state index in [2.05, 4.69) is 5.32 Å². The molecule has 94 valence electrons. The van der Waals surface area contributed by atoms with E-state index in [1.165, 1.54) is 6.07 Å². The third-order valence-corrected chi connectivity index (χ3v) is 2.12. The Kier molecular flexibility index (Phi) is 4.28. The Morgan fingerprint density at radius 2 is 2.12 bits per heavy atom. The zero-order valence-electron chi connectivity index (χ0n) is 10.1. The minimum absolute atomic E-state index is 0.127. The van der Waals surface area contributed by atoms with Gasteiger partial charge in [-0.1, -0.05) is 0 Å². The van der Waals surface area contributed by atoms with Crippen LogP contribution in [0, 0.1) is 6.92 Å². The summed E-state index contributed by atoms with van der Waals surface area (Å²) in [6, 6.07) is 1.42. The number of aromatic carboxylic acids is 1. The van der Waals surface area contributed by atoms with Crippen molar-refractivity contribution in [3.8, 4) is 0 Å². The number of furan rings is 1. The van der Waals surface area contributed by atoms with Gasteiger partial charge < -0.3 is 19.7 Å². The van der Waals surface area contributed by atoms with Gasteiger partial charge in [0.25, 0.3) is 0 Å². The number of rotatable bonds is 5. The summed E-state index contributed by atoms with van der Waals surface area (Å²) in [7, 11) is 3.58. The average molecular weight is 240 g/mol. The Labute approximate surface area is 99.2 Å². The SMILES string of the molecule is Cc1oc(CNC(=O)CN(C)C)cc1C(=O)O. The lowest BCUT2D eigenvalue weighted by Gasteiger charge is -2.08. The minimum atomic E-state index is -1.03. The second kappa shape index (κ2) is 5.49. The lowest BCUT2D eigenvalue weighted by molar-refractivity contribution is -0.121. The first-order chi connectivity index (χ1) is 7.90. The maximum absolute atomic E-state index is 11.3. The first-order valence-corrected chi connectivity index (χ1v) is 5.14. The molecular weight excluding hydrogens is 224 g/mol. The fourth-order valence-corrected chi connectivity index (χ4v) is 1.37. The second-order valence-electron chi connectivity index (χ2n) is 4.00. The molecule has 0 aliphatic carbocycles. The zero-order chi connectivity index (χ0) is 13.0. The number of carboxylic acid groups (broad SMARTS) is 1. The number of carbonyl (C=O) groups is 2. The van der Waals surface area contributed by atoms with E-state index < -0.39 is 5.97 Å². The number of aryl methyl sites for hydroxylation is 1. The van der Waals surface area contributed by atoms with Crippen LogP contribution in [0.4, 0.5) is 0 Å². The lowest BCUT2D eigenvalue weighted by Crippen LogP contribution is -2.32. The molecule has 0 saturated carbocycles. The van der Waals surface area contributed by atoms with Crippen LogP contribution in [-0.4, -0.2) is 42.5 Å². The van der Waals surface area contributed by atoms with Gasteiger partial charge in [-0.15, -0.1) is 0 Å². The maximum Gasteiger partial charge on any atom is 0.339 e. The highest BCUT2D eigenvalue weighted by Gasteiger charge is 2.14. The van der Waals surface area contributed by atoms with E-state index in [-0.39, 0.29) is 24.6 Å². The fraction of sp³-hybridized carbons (Fsp3) is 0.455. The van der Waals surface area contributed by atoms with E-state index in [0.29, 0.717) is 11.5 Å². The normalized spacial score (nSPS) is 10.6. The van der Waals surface area contributed by atoms with Gasteiger partial charge in [0, 0.05) is 0 Å². The van der Waals surface area contributed by atoms with Gasteiger partial charge in [-0.2, -0.15) is 0 Å². The van der Waals surface area contributed by atoms with Gasteiger partial charge in [-0.3, -0.25) is 4.79 Å². The van der Waals surface area contributed by atoms with Crippen molar-refractivity contribution in [1.82, 2.24) is 10.2 Å². The van der Waals surface area contributed by atoms with Crippen molar-refractivity contribution in [2.45, 2.75) is 13.5 Å². The molecule has 1 aromatic rings. The van der Waals surface area contributed by atoms with Crippen molar-refractivity contribution in [2.24, 2.45) is 0 Å². The van der Waals surface area contributed by atoms with E-state index in [0.717, 1.165) is 0 Å². The molecule has 0 bridgehead atoms. The number of amides is 1. The Balaban J connectivity index is 2.55. The van der Waals surface area contributed by atoms with Crippen molar-refractivity contribution in [2.75, 3.05) is 20.6 Å². The summed E-state index contributed by atoms with van der Waals surface area (Å²) in [6.07, 6.45) is 0. The van der Waals surface area contributed by atoms with E-state index in [1.807, 2.05) is 0 Å². The van der Waals surface area contributed by atoms with Crippen LogP contribution in [0.5, 0.6) is 0 Å². The molecular formula is C11H16N2O4. The Bertz CT molecular complexity index is 423. The van der Waals surface area contributed by atoms with Gasteiger partial charge in [0.2, 0.25) is 5.91 Å². The molecule has 6 nitrogen and oxygen atoms in total. The van der Waals surface area contributed by atoms with Crippen molar-refractivity contribution in [1.29, 1.82) is 0 Å². The number of likely N-dealkylation sites (N-methyl/N-ethyl adjacent to an activating group) is 1. The van der Waals surface area contributed by atoms with Crippen LogP contribution in [-0.2, 0) is 11.3 Å². The van der Waals surface area contributed by atoms with Gasteiger partial charge in [-0.25, -0.2) is 4.79 Å². The van der Waals surface area contributed by atoms with Crippen molar-refractivity contribution in [3.05, 3.63) is 23.2 Å². The molecule has 0 unspecified atom stereocenters. The molecule has 0 aromatic carbocycles. The van der Waals surface area contributed by atoms with Gasteiger partial charge in [0.1, 0.15) is 17.1 Å². The largest absolute Gasteiger partial charge is 0.478 e. The predicted octanol–water partition coefficient (Wildman–Crippen LogP) is 0.464. The molecule has 0 atom stereocenters. The summed E-state index contributed by atoms with van der Waals surface area (Å²) in [5, 5.41) is 11.5. The summed E-state index contributed by atoms with van der Waals surface area (Å²) in [4.78, 5) is 23.8. The average Bonchev–Trinajstić information content (AvgIpc) is 2.56. The lowest BCUT2D eigenvalue weighted by atomic mass is 10.2. The van der Waals surface area contributed by atoms with Gasteiger partial charge in [-0.05, 0) is 27.1 Å². The molecule has 1 heterocycles. The molecule has 1 aromatic heterocycles. The molecule has 0 aliphatic rings. The van der Waals surface area contributed by atoms with Gasteiger partial charge in [0.05, 0.1) is 13.1 Å². The van der Waals surface area contributed by atoms with Crippen molar-refractivity contribution >= 4 is 11.9 Å². The van der Waals surface area contributed by atoms with E-state index in [9.17, 15) is 9.59 Å². The standard InChI is InChI=1S/C11H16N2O4/c1-7-9(11(15)16)4-8(17-7)5-12-10(14)6-13(2)3/h4H,5-6H2,1-3H3,(H,12,14)(H,15,16). The summed E-state index contributed by atoms with van der Waals surface area (Å²) < 4.78 is 5.22. The quantitative estimate of drug-likeness (QED) is 0.781. The highest BCUT2D eigenvalue weighted by Crippen LogP contribution is 2.14. The van der Waals surface area contributed by atoms with E-state index >= 15 is 0 Å². The molecule has 2 N–H and O–H groups in total. The topological polar surface area (TPSA) is 82.8 Å². The third kappa shape index (κ3) is 3.92. The van der Waals surface area contributed by atoms with Crippen LogP contribution in [0.3, 0.4) is 0 Å². The molecule has 0 fully saturated rings. The molecule has 0 saturated heterocycles. The van der Waals surface area contributed by atoms with Crippen LogP contribution in [0.15, 0.2) is 10.5 Å². The molecule has 1 amide bonds. The molecule has 0 spiro atoms. The zero-order valence-corrected chi connectivity index (χ0v) is 10.1. The Morgan fingerprint density at radius 1 is 1.47 bits per heavy atom. The Morgan fingerprint density at radius 3 is 2.59 bits per heavy atom. The van der Waals surface area contributed by atoms with Crippen LogP contribution in [0.1, 0.15) is 21.9 Å². The van der Waals surface area contributed by atoms with Crippen LogP contribution in [0.25, 0.3) is 0 Å². The number of nitrogens with zero attached hydrogens (tertiary/aromatic N) is 1. The summed E-state index contributed by atoms with van der Waals surface area (Å²) in [5.74, 6) is -0.389. The highest BCUT2D eigenvalue weighted by molar-refractivity contribution is 5.88. The fourth-order valence-electron chi connectivity index (χ4n) is 1.37. The van der Waals surface area contributed by atoms with Crippen molar-refractivity contribution < 1.29 is 19.1 Å². The molecule has 1 rings (SSSR count). The minimum Gasteiger partial charge on any atom is -0.478 e. The molecule has 17 heavy (non-hydrogen) atoms. The van der Waals surface area contributed by atoms with Gasteiger partial charge >= 0.3 is 5.97 Å². The van der Waals surface area contributed by atoms with Crippen LogP contribution in [0.2, 0.25) is 0 Å². The number of carbonyl (C=O) groups excluding carboxylic acids is 1. The summed E-state index contributed by atoms with van der Waals surface area (Å²) in [5.41, 5.74) is 0.127. The first kappa shape index (κ1) is 13.2. The number of hydrogen-bond donors (Lipinski definition) is 2. The Hall–Kier alpha value is -1.82. The predicted molar refractivity (Wildman–Crippen MR) is 60.8 cm³/mol. The number of carboxylic acids is 1. The van der Waals surface area contributed by atoms with Crippen molar-refractivity contribution in [3.63, 3.8) is 0 Å². The second-order valence-corrected chi connectivity index (χ2v) is 4.00. The number of hydrogen-bond acceptors (Lipinski definition) is 4. The number of nitrogens with one attached hydrogen (secondary N) is 1. The van der Waals surface area contributed by atoms with E-state index in [1.54, 1.807) is 25.9 Å².